The lowest BCUT2D eigenvalue weighted by Crippen LogP contribution is -2.17. The molecule has 1 heterocycles. The average Bonchev–Trinajstić information content (AvgIpc) is 2.02. The molecule has 0 aromatic carbocycles. The van der Waals surface area contributed by atoms with Crippen molar-refractivity contribution in [1.29, 1.82) is 0 Å². The summed E-state index contributed by atoms with van der Waals surface area (Å²) in [7, 11) is 0. The molecule has 4 nitrogen and oxygen atoms in total. The van der Waals surface area contributed by atoms with E-state index < -0.39 is 12.4 Å². The molecular weight excluding hydrogens is 148 g/mol. The first kappa shape index (κ1) is 8.33. The van der Waals surface area contributed by atoms with Gasteiger partial charge in [0.2, 0.25) is 6.29 Å². The molecule has 11 heavy (non-hydrogen) atoms. The molecule has 1 unspecified atom stereocenters. The number of ether oxygens (including phenoxy) is 2. The van der Waals surface area contributed by atoms with Crippen LogP contribution < -0.4 is 0 Å². The molecule has 0 spiro atoms. The quantitative estimate of drug-likeness (QED) is 0.538. The van der Waals surface area contributed by atoms with Gasteiger partial charge in [0.25, 0.3) is 0 Å². The zero-order valence-electron chi connectivity index (χ0n) is 6.28. The zero-order chi connectivity index (χ0) is 8.10. The maximum atomic E-state index is 10.6. The second-order valence-electron chi connectivity index (χ2n) is 2.52. The van der Waals surface area contributed by atoms with E-state index in [1.165, 1.54) is 0 Å². The number of aliphatic hydroxyl groups excluding tert-OH is 1. The number of rotatable bonds is 0. The van der Waals surface area contributed by atoms with Crippen LogP contribution in [0.15, 0.2) is 0 Å². The molecule has 1 N–H and O–H groups in total. The Morgan fingerprint density at radius 2 is 2.18 bits per heavy atom. The van der Waals surface area contributed by atoms with Crippen LogP contribution in [-0.2, 0) is 9.47 Å². The van der Waals surface area contributed by atoms with Gasteiger partial charge in [0.1, 0.15) is 0 Å². The van der Waals surface area contributed by atoms with Gasteiger partial charge in [0, 0.05) is 6.42 Å². The number of hydrogen-bond acceptors (Lipinski definition) is 4. The standard InChI is InChI=1S/C7H12O4/c8-6-4-2-1-3-5-10-7(9)11-6/h6,8H,1-5H2. The Bertz CT molecular complexity index is 134. The summed E-state index contributed by atoms with van der Waals surface area (Å²) < 4.78 is 9.08. The largest absolute Gasteiger partial charge is 0.510 e. The zero-order valence-corrected chi connectivity index (χ0v) is 6.28. The summed E-state index contributed by atoms with van der Waals surface area (Å²) in [6.45, 7) is 0.394. The molecular formula is C7H12O4. The maximum absolute atomic E-state index is 10.6. The molecule has 0 bridgehead atoms. The summed E-state index contributed by atoms with van der Waals surface area (Å²) >= 11 is 0. The summed E-state index contributed by atoms with van der Waals surface area (Å²) in [4.78, 5) is 10.6. The van der Waals surface area contributed by atoms with E-state index in [0.29, 0.717) is 13.0 Å². The second kappa shape index (κ2) is 4.18. The van der Waals surface area contributed by atoms with Gasteiger partial charge in [-0.1, -0.05) is 0 Å². The molecule has 0 amide bonds. The summed E-state index contributed by atoms with van der Waals surface area (Å²) in [6.07, 6.45) is 1.45. The summed E-state index contributed by atoms with van der Waals surface area (Å²) in [5.41, 5.74) is 0. The van der Waals surface area contributed by atoms with E-state index in [1.54, 1.807) is 0 Å². The van der Waals surface area contributed by atoms with E-state index >= 15 is 0 Å². The van der Waals surface area contributed by atoms with Crippen LogP contribution in [0.2, 0.25) is 0 Å². The minimum absolute atomic E-state index is 0.394. The van der Waals surface area contributed by atoms with Gasteiger partial charge < -0.3 is 14.6 Å². The smallest absolute Gasteiger partial charge is 0.434 e. The molecule has 1 aliphatic heterocycles. The molecule has 64 valence electrons. The van der Waals surface area contributed by atoms with E-state index in [9.17, 15) is 4.79 Å². The molecule has 1 aliphatic rings. The van der Waals surface area contributed by atoms with Gasteiger partial charge >= 0.3 is 6.16 Å². The Balaban J connectivity index is 2.33. The third-order valence-electron chi connectivity index (χ3n) is 1.55. The fourth-order valence-corrected chi connectivity index (χ4v) is 0.957. The lowest BCUT2D eigenvalue weighted by molar-refractivity contribution is -0.0809. The summed E-state index contributed by atoms with van der Waals surface area (Å²) in [5.74, 6) is 0. The predicted molar refractivity (Wildman–Crippen MR) is 36.9 cm³/mol. The Hall–Kier alpha value is -0.770. The van der Waals surface area contributed by atoms with E-state index in [4.69, 9.17) is 5.11 Å². The van der Waals surface area contributed by atoms with Crippen LogP contribution >= 0.6 is 0 Å². The summed E-state index contributed by atoms with van der Waals surface area (Å²) in [6, 6.07) is 0. The molecule has 1 fully saturated rings. The van der Waals surface area contributed by atoms with Crippen molar-refractivity contribution >= 4 is 6.16 Å². The van der Waals surface area contributed by atoms with Crippen molar-refractivity contribution in [2.24, 2.45) is 0 Å². The first-order chi connectivity index (χ1) is 5.29. The molecule has 0 aliphatic carbocycles. The number of cyclic esters (lactones) is 2. The minimum Gasteiger partial charge on any atom is -0.434 e. The first-order valence-electron chi connectivity index (χ1n) is 3.80. The topological polar surface area (TPSA) is 55.8 Å². The van der Waals surface area contributed by atoms with Crippen molar-refractivity contribution in [2.45, 2.75) is 32.0 Å². The first-order valence-corrected chi connectivity index (χ1v) is 3.80. The van der Waals surface area contributed by atoms with Gasteiger partial charge in [0.05, 0.1) is 6.61 Å². The van der Waals surface area contributed by atoms with Crippen LogP contribution in [0.5, 0.6) is 0 Å². The van der Waals surface area contributed by atoms with Gasteiger partial charge in [0.15, 0.2) is 0 Å². The molecule has 0 saturated carbocycles. The predicted octanol–water partition coefficient (Wildman–Crippen LogP) is 1.03. The van der Waals surface area contributed by atoms with Crippen molar-refractivity contribution in [3.8, 4) is 0 Å². The van der Waals surface area contributed by atoms with E-state index in [-0.39, 0.29) is 0 Å². The third kappa shape index (κ3) is 3.23. The van der Waals surface area contributed by atoms with E-state index in [0.717, 1.165) is 19.3 Å². The minimum atomic E-state index is -0.986. The average molecular weight is 160 g/mol. The Morgan fingerprint density at radius 1 is 1.36 bits per heavy atom. The SMILES string of the molecule is O=C1OCCCCCC(O)O1. The van der Waals surface area contributed by atoms with Crippen LogP contribution in [0.3, 0.4) is 0 Å². The second-order valence-corrected chi connectivity index (χ2v) is 2.52. The molecule has 1 atom stereocenters. The van der Waals surface area contributed by atoms with Crippen molar-refractivity contribution in [1.82, 2.24) is 0 Å². The van der Waals surface area contributed by atoms with Gasteiger partial charge in [-0.3, -0.25) is 0 Å². The fourth-order valence-electron chi connectivity index (χ4n) is 0.957. The van der Waals surface area contributed by atoms with Gasteiger partial charge in [-0.05, 0) is 19.3 Å². The van der Waals surface area contributed by atoms with Crippen LogP contribution in [0.1, 0.15) is 25.7 Å². The van der Waals surface area contributed by atoms with Crippen molar-refractivity contribution in [3.05, 3.63) is 0 Å². The van der Waals surface area contributed by atoms with Gasteiger partial charge in [-0.2, -0.15) is 0 Å². The summed E-state index contributed by atoms with van der Waals surface area (Å²) in [5, 5.41) is 8.99. The maximum Gasteiger partial charge on any atom is 0.510 e. The molecule has 0 aromatic heterocycles. The van der Waals surface area contributed by atoms with Crippen molar-refractivity contribution in [2.75, 3.05) is 6.61 Å². The lowest BCUT2D eigenvalue weighted by atomic mass is 10.2. The van der Waals surface area contributed by atoms with Crippen molar-refractivity contribution < 1.29 is 19.4 Å². The van der Waals surface area contributed by atoms with E-state index in [1.807, 2.05) is 0 Å². The van der Waals surface area contributed by atoms with Crippen LogP contribution in [0.4, 0.5) is 4.79 Å². The molecule has 0 radical (unpaired) electrons. The Kier molecular flexibility index (Phi) is 3.16. The highest BCUT2D eigenvalue weighted by Crippen LogP contribution is 2.08. The number of hydrogen-bond donors (Lipinski definition) is 1. The molecule has 4 heteroatoms. The number of aliphatic hydroxyl groups is 1. The number of carbonyl (C=O) groups excluding carboxylic acids is 1. The van der Waals surface area contributed by atoms with Gasteiger partial charge in [-0.25, -0.2) is 4.79 Å². The molecule has 0 aromatic rings. The lowest BCUT2D eigenvalue weighted by Gasteiger charge is -2.08. The number of carbonyl (C=O) groups is 1. The monoisotopic (exact) mass is 160 g/mol. The van der Waals surface area contributed by atoms with Crippen LogP contribution in [0.25, 0.3) is 0 Å². The normalized spacial score (nSPS) is 27.4. The highest BCUT2D eigenvalue weighted by molar-refractivity contribution is 5.59. The Morgan fingerprint density at radius 3 is 3.00 bits per heavy atom. The highest BCUT2D eigenvalue weighted by Gasteiger charge is 2.13. The fraction of sp³-hybridized carbons (Fsp3) is 0.857. The van der Waals surface area contributed by atoms with Crippen molar-refractivity contribution in [3.63, 3.8) is 0 Å². The third-order valence-corrected chi connectivity index (χ3v) is 1.55. The van der Waals surface area contributed by atoms with Gasteiger partial charge in [-0.15, -0.1) is 0 Å². The molecule has 1 saturated heterocycles. The highest BCUT2D eigenvalue weighted by atomic mass is 16.8. The van der Waals surface area contributed by atoms with Crippen LogP contribution in [0, 0.1) is 0 Å². The molecule has 1 rings (SSSR count). The van der Waals surface area contributed by atoms with Crippen LogP contribution in [-0.4, -0.2) is 24.2 Å². The van der Waals surface area contributed by atoms with E-state index in [2.05, 4.69) is 9.47 Å². The Labute approximate surface area is 65.1 Å².